The zero-order chi connectivity index (χ0) is 24.8. The van der Waals surface area contributed by atoms with Crippen molar-refractivity contribution in [2.45, 2.75) is 37.1 Å². The van der Waals surface area contributed by atoms with Crippen LogP contribution < -0.4 is 9.47 Å². The van der Waals surface area contributed by atoms with E-state index in [2.05, 4.69) is 4.74 Å². The molecular weight excluding hydrogens is 495 g/mol. The molecule has 1 saturated heterocycles. The number of halogens is 8. The van der Waals surface area contributed by atoms with Crippen LogP contribution in [-0.2, 0) is 12.6 Å². The maximum atomic E-state index is 13.9. The molecule has 186 valence electrons. The van der Waals surface area contributed by atoms with E-state index in [1.54, 1.807) is 6.07 Å². The van der Waals surface area contributed by atoms with Crippen molar-refractivity contribution in [3.8, 4) is 11.5 Å². The van der Waals surface area contributed by atoms with Gasteiger partial charge in [-0.15, -0.1) is 0 Å². The number of likely N-dealkylation sites (tertiary alicyclic amines) is 1. The molecule has 2 aliphatic rings. The highest BCUT2D eigenvalue weighted by atomic mass is 35.5. The van der Waals surface area contributed by atoms with Crippen molar-refractivity contribution in [3.05, 3.63) is 57.6 Å². The van der Waals surface area contributed by atoms with Gasteiger partial charge in [-0.05, 0) is 23.8 Å². The van der Waals surface area contributed by atoms with Gasteiger partial charge in [0.25, 0.3) is 0 Å². The van der Waals surface area contributed by atoms with Crippen LogP contribution in [0.25, 0.3) is 0 Å². The van der Waals surface area contributed by atoms with Gasteiger partial charge >= 0.3 is 6.18 Å². The molecule has 2 aromatic rings. The second-order valence-electron chi connectivity index (χ2n) is 8.44. The molecule has 12 heteroatoms. The third-order valence-corrected chi connectivity index (χ3v) is 6.26. The van der Waals surface area contributed by atoms with E-state index in [-0.39, 0.29) is 6.54 Å². The Morgan fingerprint density at radius 1 is 1.06 bits per heavy atom. The number of β-amino-alcohol motifs (C(OH)–C–C–N with tert-alkyl or cyclic N) is 1. The van der Waals surface area contributed by atoms with Crippen molar-refractivity contribution in [2.24, 2.45) is 0 Å². The fourth-order valence-corrected chi connectivity index (χ4v) is 4.54. The summed E-state index contributed by atoms with van der Waals surface area (Å²) < 4.78 is 104. The minimum atomic E-state index is -5.64. The lowest BCUT2D eigenvalue weighted by atomic mass is 9.87. The zero-order valence-electron chi connectivity index (χ0n) is 17.5. The number of hydrogen-bond acceptors (Lipinski definition) is 4. The Balaban J connectivity index is 1.33. The number of nitrogens with zero attached hydrogens (tertiary/aromatic N) is 1. The molecule has 1 fully saturated rings. The van der Waals surface area contributed by atoms with E-state index in [1.807, 2.05) is 17.0 Å². The van der Waals surface area contributed by atoms with Crippen LogP contribution in [0.4, 0.5) is 30.7 Å². The lowest BCUT2D eigenvalue weighted by Gasteiger charge is -2.39. The summed E-state index contributed by atoms with van der Waals surface area (Å²) in [6.07, 6.45) is -5.03. The highest BCUT2D eigenvalue weighted by molar-refractivity contribution is 6.30. The average molecular weight is 514 g/mol. The number of alkyl halides is 3. The van der Waals surface area contributed by atoms with Crippen LogP contribution in [0, 0.1) is 23.3 Å². The summed E-state index contributed by atoms with van der Waals surface area (Å²) >= 11 is 6.03. The fraction of sp³-hybridized carbons (Fsp3) is 0.455. The fourth-order valence-electron chi connectivity index (χ4n) is 4.34. The normalized spacial score (nSPS) is 18.6. The van der Waals surface area contributed by atoms with E-state index < -0.39 is 59.1 Å². The molecule has 0 unspecified atom stereocenters. The van der Waals surface area contributed by atoms with E-state index in [0.29, 0.717) is 37.4 Å². The Morgan fingerprint density at radius 2 is 1.68 bits per heavy atom. The largest absolute Gasteiger partial charge is 0.487 e. The molecular formula is C22H19ClF7NO3. The number of aliphatic hydroxyl groups excluding tert-OH is 1. The quantitative estimate of drug-likeness (QED) is 0.445. The highest BCUT2D eigenvalue weighted by Gasteiger charge is 2.44. The van der Waals surface area contributed by atoms with Crippen LogP contribution >= 0.6 is 11.6 Å². The van der Waals surface area contributed by atoms with Crippen molar-refractivity contribution in [3.63, 3.8) is 0 Å². The molecule has 2 aliphatic heterocycles. The van der Waals surface area contributed by atoms with Gasteiger partial charge in [-0.3, -0.25) is 0 Å². The molecule has 34 heavy (non-hydrogen) atoms. The summed E-state index contributed by atoms with van der Waals surface area (Å²) in [6, 6.07) is 5.40. The number of rotatable bonds is 5. The van der Waals surface area contributed by atoms with Crippen LogP contribution in [-0.4, -0.2) is 48.0 Å². The van der Waals surface area contributed by atoms with Gasteiger partial charge in [-0.25, -0.2) is 8.78 Å². The lowest BCUT2D eigenvalue weighted by molar-refractivity contribution is -0.143. The molecule has 2 heterocycles. The number of hydrogen-bond donors (Lipinski definition) is 1. The molecule has 0 aromatic heterocycles. The van der Waals surface area contributed by atoms with Crippen LogP contribution in [0.1, 0.15) is 24.0 Å². The lowest BCUT2D eigenvalue weighted by Crippen LogP contribution is -2.49. The molecule has 1 N–H and O–H groups in total. The summed E-state index contributed by atoms with van der Waals surface area (Å²) in [5, 5.41) is 10.8. The van der Waals surface area contributed by atoms with E-state index in [4.69, 9.17) is 16.3 Å². The molecule has 0 saturated carbocycles. The van der Waals surface area contributed by atoms with E-state index >= 15 is 0 Å². The standard InChI is InChI=1S/C22H19ClF7NO3/c23-12-1-2-14-11(7-12)8-21(34-14)3-5-31(6-4-21)9-13(32)10-33-20-18(26)16(24)15(22(28,29)30)17(25)19(20)27/h1-2,7,13,32H,3-6,8-10H2/t13-/m0/s1. The first-order valence-corrected chi connectivity index (χ1v) is 10.7. The van der Waals surface area contributed by atoms with Crippen molar-refractivity contribution >= 4 is 11.6 Å². The first-order chi connectivity index (χ1) is 15.9. The van der Waals surface area contributed by atoms with Gasteiger partial charge in [-0.1, -0.05) is 11.6 Å². The van der Waals surface area contributed by atoms with E-state index in [0.717, 1.165) is 11.3 Å². The molecule has 0 bridgehead atoms. The number of ether oxygens (including phenoxy) is 2. The summed E-state index contributed by atoms with van der Waals surface area (Å²) in [5.74, 6) is -10.8. The second kappa shape index (κ2) is 9.09. The first kappa shape index (κ1) is 24.9. The molecule has 0 aliphatic carbocycles. The molecule has 0 amide bonds. The second-order valence-corrected chi connectivity index (χ2v) is 8.87. The Morgan fingerprint density at radius 3 is 2.26 bits per heavy atom. The summed E-state index contributed by atoms with van der Waals surface area (Å²) in [4.78, 5) is 1.85. The summed E-state index contributed by atoms with van der Waals surface area (Å²) in [5.41, 5.74) is -2.07. The maximum absolute atomic E-state index is 13.9. The van der Waals surface area contributed by atoms with Crippen molar-refractivity contribution in [1.82, 2.24) is 4.90 Å². The smallest absolute Gasteiger partial charge is 0.422 e. The Labute approximate surface area is 194 Å². The van der Waals surface area contributed by atoms with Gasteiger partial charge in [0.05, 0.1) is 0 Å². The number of piperidine rings is 1. The average Bonchev–Trinajstić information content (AvgIpc) is 3.10. The Hall–Kier alpha value is -2.24. The molecule has 4 rings (SSSR count). The molecule has 1 spiro atoms. The maximum Gasteiger partial charge on any atom is 0.422 e. The van der Waals surface area contributed by atoms with Crippen LogP contribution in [0.15, 0.2) is 18.2 Å². The van der Waals surface area contributed by atoms with Gasteiger partial charge in [0, 0.05) is 43.9 Å². The highest BCUT2D eigenvalue weighted by Crippen LogP contribution is 2.42. The number of benzene rings is 2. The molecule has 2 aromatic carbocycles. The van der Waals surface area contributed by atoms with Crippen LogP contribution in [0.5, 0.6) is 11.5 Å². The van der Waals surface area contributed by atoms with Gasteiger partial charge in [0.1, 0.15) is 29.6 Å². The molecule has 4 nitrogen and oxygen atoms in total. The van der Waals surface area contributed by atoms with Crippen LogP contribution in [0.2, 0.25) is 5.02 Å². The van der Waals surface area contributed by atoms with E-state index in [1.165, 1.54) is 0 Å². The first-order valence-electron chi connectivity index (χ1n) is 10.3. The SMILES string of the molecule is O[C@H](COc1c(F)c(F)c(C(F)(F)F)c(F)c1F)CN1CCC2(CC1)Cc1cc(Cl)ccc1O2. The van der Waals surface area contributed by atoms with Gasteiger partial charge in [0.2, 0.25) is 11.6 Å². The number of fused-ring (bicyclic) bond motifs is 1. The van der Waals surface area contributed by atoms with Crippen molar-refractivity contribution in [1.29, 1.82) is 0 Å². The minimum absolute atomic E-state index is 0.00366. The number of aliphatic hydroxyl groups is 1. The van der Waals surface area contributed by atoms with Crippen LogP contribution in [0.3, 0.4) is 0 Å². The van der Waals surface area contributed by atoms with Gasteiger partial charge in [0.15, 0.2) is 17.4 Å². The Bertz CT molecular complexity index is 1060. The minimum Gasteiger partial charge on any atom is -0.487 e. The predicted octanol–water partition coefficient (Wildman–Crippen LogP) is 5.12. The van der Waals surface area contributed by atoms with Gasteiger partial charge < -0.3 is 19.5 Å². The zero-order valence-corrected chi connectivity index (χ0v) is 18.2. The van der Waals surface area contributed by atoms with Crippen molar-refractivity contribution in [2.75, 3.05) is 26.2 Å². The molecule has 1 atom stereocenters. The third-order valence-electron chi connectivity index (χ3n) is 6.02. The summed E-state index contributed by atoms with van der Waals surface area (Å²) in [6.45, 7) is 0.250. The molecule has 0 radical (unpaired) electrons. The Kier molecular flexibility index (Phi) is 6.65. The topological polar surface area (TPSA) is 41.9 Å². The third kappa shape index (κ3) is 4.78. The predicted molar refractivity (Wildman–Crippen MR) is 107 cm³/mol. The van der Waals surface area contributed by atoms with Gasteiger partial charge in [-0.2, -0.15) is 22.0 Å². The van der Waals surface area contributed by atoms with Crippen molar-refractivity contribution < 1.29 is 45.3 Å². The van der Waals surface area contributed by atoms with E-state index in [9.17, 15) is 35.8 Å². The summed E-state index contributed by atoms with van der Waals surface area (Å²) in [7, 11) is 0. The monoisotopic (exact) mass is 513 g/mol.